The van der Waals surface area contributed by atoms with E-state index in [0.717, 1.165) is 57.1 Å². The fraction of sp³-hybridized carbons (Fsp3) is 0.667. The first-order chi connectivity index (χ1) is 10.2. The second kappa shape index (κ2) is 7.24. The van der Waals surface area contributed by atoms with Gasteiger partial charge in [-0.1, -0.05) is 13.3 Å². The Kier molecular flexibility index (Phi) is 5.36. The third-order valence-electron chi connectivity index (χ3n) is 3.90. The molecule has 1 N–H and O–H groups in total. The van der Waals surface area contributed by atoms with Gasteiger partial charge in [0.2, 0.25) is 5.91 Å². The number of anilines is 2. The van der Waals surface area contributed by atoms with E-state index in [1.807, 2.05) is 11.9 Å². The molecule has 1 fully saturated rings. The van der Waals surface area contributed by atoms with Crippen LogP contribution in [0.25, 0.3) is 0 Å². The quantitative estimate of drug-likeness (QED) is 0.911. The van der Waals surface area contributed by atoms with E-state index in [1.54, 1.807) is 13.3 Å². The molecule has 0 atom stereocenters. The topological polar surface area (TPSA) is 61.4 Å². The van der Waals surface area contributed by atoms with Crippen molar-refractivity contribution in [3.05, 3.63) is 11.9 Å². The number of nitrogens with one attached hydrogen (secondary N) is 1. The Morgan fingerprint density at radius 2 is 2.10 bits per heavy atom. The van der Waals surface area contributed by atoms with Gasteiger partial charge in [-0.3, -0.25) is 4.79 Å². The minimum absolute atomic E-state index is 0.157. The molecule has 6 heteroatoms. The number of carbonyl (C=O) groups is 1. The first-order valence-electron chi connectivity index (χ1n) is 7.69. The van der Waals surface area contributed by atoms with E-state index in [1.165, 1.54) is 5.56 Å². The maximum absolute atomic E-state index is 11.5. The summed E-state index contributed by atoms with van der Waals surface area (Å²) in [6.07, 6.45) is 4.61. The van der Waals surface area contributed by atoms with E-state index in [2.05, 4.69) is 27.1 Å². The van der Waals surface area contributed by atoms with Crippen molar-refractivity contribution in [1.29, 1.82) is 0 Å². The first-order valence-corrected chi connectivity index (χ1v) is 7.69. The van der Waals surface area contributed by atoms with Gasteiger partial charge >= 0.3 is 0 Å². The molecule has 0 saturated carbocycles. The molecular weight excluding hydrogens is 266 g/mol. The highest BCUT2D eigenvalue weighted by atomic mass is 16.2. The highest BCUT2D eigenvalue weighted by Crippen LogP contribution is 2.25. The molecule has 6 nitrogen and oxygen atoms in total. The molecule has 0 aromatic carbocycles. The van der Waals surface area contributed by atoms with Gasteiger partial charge in [0.05, 0.1) is 0 Å². The van der Waals surface area contributed by atoms with Gasteiger partial charge in [0.1, 0.15) is 18.0 Å². The number of amides is 1. The van der Waals surface area contributed by atoms with E-state index < -0.39 is 0 Å². The number of rotatable bonds is 4. The Bertz CT molecular complexity index is 491. The summed E-state index contributed by atoms with van der Waals surface area (Å²) in [7, 11) is 1.89. The zero-order chi connectivity index (χ0) is 15.2. The minimum atomic E-state index is 0.157. The summed E-state index contributed by atoms with van der Waals surface area (Å²) in [5, 5.41) is 3.16. The zero-order valence-corrected chi connectivity index (χ0v) is 13.2. The highest BCUT2D eigenvalue weighted by Gasteiger charge is 2.21. The molecule has 0 aliphatic carbocycles. The van der Waals surface area contributed by atoms with Gasteiger partial charge in [0.15, 0.2) is 0 Å². The molecule has 0 unspecified atom stereocenters. The Morgan fingerprint density at radius 1 is 1.29 bits per heavy atom. The Hall–Kier alpha value is -1.85. The van der Waals surface area contributed by atoms with Gasteiger partial charge in [0, 0.05) is 45.7 Å². The van der Waals surface area contributed by atoms with Crippen molar-refractivity contribution in [2.24, 2.45) is 0 Å². The molecule has 1 amide bonds. The van der Waals surface area contributed by atoms with Crippen molar-refractivity contribution < 1.29 is 4.79 Å². The average molecular weight is 291 g/mol. The van der Waals surface area contributed by atoms with Crippen LogP contribution in [-0.4, -0.2) is 54.0 Å². The molecule has 0 radical (unpaired) electrons. The van der Waals surface area contributed by atoms with E-state index in [4.69, 9.17) is 0 Å². The fourth-order valence-electron chi connectivity index (χ4n) is 2.82. The number of hydrogen-bond acceptors (Lipinski definition) is 5. The van der Waals surface area contributed by atoms with Crippen molar-refractivity contribution in [1.82, 2.24) is 14.9 Å². The summed E-state index contributed by atoms with van der Waals surface area (Å²) in [5.74, 6) is 2.08. The molecule has 1 aromatic rings. The highest BCUT2D eigenvalue weighted by molar-refractivity contribution is 5.73. The fourth-order valence-corrected chi connectivity index (χ4v) is 2.82. The second-order valence-electron chi connectivity index (χ2n) is 5.37. The van der Waals surface area contributed by atoms with Crippen LogP contribution in [0.4, 0.5) is 11.6 Å². The minimum Gasteiger partial charge on any atom is -0.373 e. The van der Waals surface area contributed by atoms with Crippen molar-refractivity contribution >= 4 is 17.5 Å². The predicted molar refractivity (Wildman–Crippen MR) is 84.7 cm³/mol. The van der Waals surface area contributed by atoms with Crippen LogP contribution in [0.5, 0.6) is 0 Å². The van der Waals surface area contributed by atoms with Gasteiger partial charge in [-0.25, -0.2) is 9.97 Å². The maximum Gasteiger partial charge on any atom is 0.219 e. The van der Waals surface area contributed by atoms with Crippen LogP contribution in [0.15, 0.2) is 6.33 Å². The molecule has 1 aliphatic heterocycles. The van der Waals surface area contributed by atoms with Crippen molar-refractivity contribution in [3.63, 3.8) is 0 Å². The van der Waals surface area contributed by atoms with Crippen LogP contribution in [0.1, 0.15) is 32.3 Å². The third kappa shape index (κ3) is 3.62. The third-order valence-corrected chi connectivity index (χ3v) is 3.90. The molecule has 1 saturated heterocycles. The average Bonchev–Trinajstić information content (AvgIpc) is 2.73. The van der Waals surface area contributed by atoms with Crippen LogP contribution in [0.3, 0.4) is 0 Å². The lowest BCUT2D eigenvalue weighted by Crippen LogP contribution is -2.34. The first kappa shape index (κ1) is 15.5. The van der Waals surface area contributed by atoms with Gasteiger partial charge in [-0.05, 0) is 12.8 Å². The standard InChI is InChI=1S/C15H25N5O/c1-4-6-13-14(16-3)17-11-18-15(13)20-8-5-7-19(9-10-20)12(2)21/h11H,4-10H2,1-3H3,(H,16,17,18). The van der Waals surface area contributed by atoms with E-state index in [9.17, 15) is 4.79 Å². The number of nitrogens with zero attached hydrogens (tertiary/aromatic N) is 4. The summed E-state index contributed by atoms with van der Waals surface area (Å²) < 4.78 is 0. The summed E-state index contributed by atoms with van der Waals surface area (Å²) in [5.41, 5.74) is 1.18. The van der Waals surface area contributed by atoms with Gasteiger partial charge in [-0.15, -0.1) is 0 Å². The summed E-state index contributed by atoms with van der Waals surface area (Å²) in [4.78, 5) is 24.6. The van der Waals surface area contributed by atoms with Gasteiger partial charge in [0.25, 0.3) is 0 Å². The monoisotopic (exact) mass is 291 g/mol. The molecule has 0 bridgehead atoms. The number of aromatic nitrogens is 2. The summed E-state index contributed by atoms with van der Waals surface area (Å²) in [6, 6.07) is 0. The summed E-state index contributed by atoms with van der Waals surface area (Å²) in [6.45, 7) is 7.16. The summed E-state index contributed by atoms with van der Waals surface area (Å²) >= 11 is 0. The van der Waals surface area contributed by atoms with Crippen molar-refractivity contribution in [2.45, 2.75) is 33.1 Å². The molecule has 0 spiro atoms. The maximum atomic E-state index is 11.5. The predicted octanol–water partition coefficient (Wildman–Crippen LogP) is 1.53. The van der Waals surface area contributed by atoms with E-state index in [-0.39, 0.29) is 5.91 Å². The Labute approximate surface area is 126 Å². The van der Waals surface area contributed by atoms with E-state index in [0.29, 0.717) is 0 Å². The largest absolute Gasteiger partial charge is 0.373 e. The molecule has 1 aromatic heterocycles. The Balaban J connectivity index is 2.22. The van der Waals surface area contributed by atoms with Gasteiger partial charge in [-0.2, -0.15) is 0 Å². The molecule has 21 heavy (non-hydrogen) atoms. The Morgan fingerprint density at radius 3 is 2.76 bits per heavy atom. The SMILES string of the molecule is CCCc1c(NC)ncnc1N1CCCN(C(C)=O)CC1. The molecule has 2 heterocycles. The lowest BCUT2D eigenvalue weighted by atomic mass is 10.1. The number of hydrogen-bond donors (Lipinski definition) is 1. The van der Waals surface area contributed by atoms with Crippen molar-refractivity contribution in [3.8, 4) is 0 Å². The number of carbonyl (C=O) groups excluding carboxylic acids is 1. The van der Waals surface area contributed by atoms with Crippen LogP contribution in [0, 0.1) is 0 Å². The lowest BCUT2D eigenvalue weighted by molar-refractivity contribution is -0.128. The zero-order valence-electron chi connectivity index (χ0n) is 13.2. The lowest BCUT2D eigenvalue weighted by Gasteiger charge is -2.25. The van der Waals surface area contributed by atoms with Crippen LogP contribution in [-0.2, 0) is 11.2 Å². The smallest absolute Gasteiger partial charge is 0.219 e. The molecule has 116 valence electrons. The molecular formula is C15H25N5O. The second-order valence-corrected chi connectivity index (χ2v) is 5.37. The normalized spacial score (nSPS) is 15.8. The van der Waals surface area contributed by atoms with Gasteiger partial charge < -0.3 is 15.1 Å². The molecule has 2 rings (SSSR count). The van der Waals surface area contributed by atoms with E-state index >= 15 is 0 Å². The van der Waals surface area contributed by atoms with Crippen LogP contribution in [0.2, 0.25) is 0 Å². The van der Waals surface area contributed by atoms with Crippen LogP contribution >= 0.6 is 0 Å². The molecule has 1 aliphatic rings. The van der Waals surface area contributed by atoms with Crippen LogP contribution < -0.4 is 10.2 Å². The van der Waals surface area contributed by atoms with Crippen molar-refractivity contribution in [2.75, 3.05) is 43.4 Å².